The third-order valence-corrected chi connectivity index (χ3v) is 6.96. The zero-order chi connectivity index (χ0) is 14.4. The van der Waals surface area contributed by atoms with E-state index in [1.807, 2.05) is 22.3 Å². The smallest absolute Gasteiger partial charge is 0.00688 e. The highest BCUT2D eigenvalue weighted by Crippen LogP contribution is 2.70. The molecular formula is C21H32. The second kappa shape index (κ2) is 5.28. The van der Waals surface area contributed by atoms with E-state index in [-0.39, 0.29) is 0 Å². The van der Waals surface area contributed by atoms with Crippen molar-refractivity contribution in [3.05, 3.63) is 22.3 Å². The summed E-state index contributed by atoms with van der Waals surface area (Å²) in [6.45, 7) is 5.11. The van der Waals surface area contributed by atoms with Crippen LogP contribution in [0.2, 0.25) is 0 Å². The van der Waals surface area contributed by atoms with Gasteiger partial charge in [0.15, 0.2) is 0 Å². The predicted octanol–water partition coefficient (Wildman–Crippen LogP) is 6.57. The van der Waals surface area contributed by atoms with Crippen LogP contribution < -0.4 is 0 Å². The topological polar surface area (TPSA) is 0 Å². The predicted molar refractivity (Wildman–Crippen MR) is 90.2 cm³/mol. The highest BCUT2D eigenvalue weighted by molar-refractivity contribution is 5.52. The maximum Gasteiger partial charge on any atom is -0.00688 e. The third kappa shape index (κ3) is 2.25. The van der Waals surface area contributed by atoms with Crippen molar-refractivity contribution in [3.8, 4) is 0 Å². The lowest BCUT2D eigenvalue weighted by Crippen LogP contribution is -2.12. The van der Waals surface area contributed by atoms with Gasteiger partial charge in [0.25, 0.3) is 0 Å². The molecule has 0 aromatic heterocycles. The first-order chi connectivity index (χ1) is 10.2. The molecule has 1 saturated carbocycles. The first kappa shape index (κ1) is 14.1. The van der Waals surface area contributed by atoms with E-state index in [2.05, 4.69) is 13.8 Å². The van der Waals surface area contributed by atoms with E-state index in [1.54, 1.807) is 0 Å². The number of rotatable bonds is 0. The van der Waals surface area contributed by atoms with Crippen LogP contribution in [-0.4, -0.2) is 0 Å². The molecule has 116 valence electrons. The highest BCUT2D eigenvalue weighted by Gasteiger charge is 2.62. The Morgan fingerprint density at radius 2 is 0.952 bits per heavy atom. The van der Waals surface area contributed by atoms with Gasteiger partial charge >= 0.3 is 0 Å². The number of hydrogen-bond acceptors (Lipinski definition) is 0. The first-order valence-electron chi connectivity index (χ1n) is 9.65. The molecule has 0 saturated heterocycles. The molecule has 0 aromatic rings. The molecule has 2 atom stereocenters. The Kier molecular flexibility index (Phi) is 3.55. The van der Waals surface area contributed by atoms with E-state index in [0.29, 0.717) is 5.41 Å². The van der Waals surface area contributed by atoms with Gasteiger partial charge in [-0.25, -0.2) is 0 Å². The number of hydrogen-bond donors (Lipinski definition) is 0. The molecule has 1 fully saturated rings. The molecule has 21 heavy (non-hydrogen) atoms. The number of fused-ring (bicyclic) bond motifs is 4. The Bertz CT molecular complexity index is 444. The van der Waals surface area contributed by atoms with Crippen LogP contribution in [-0.2, 0) is 0 Å². The van der Waals surface area contributed by atoms with Gasteiger partial charge < -0.3 is 0 Å². The Balaban J connectivity index is 1.78. The van der Waals surface area contributed by atoms with Gasteiger partial charge in [-0.3, -0.25) is 0 Å². The summed E-state index contributed by atoms with van der Waals surface area (Å²) in [6.07, 6.45) is 17.4. The van der Waals surface area contributed by atoms with Gasteiger partial charge in [0, 0.05) is 0 Å². The van der Waals surface area contributed by atoms with Crippen molar-refractivity contribution >= 4 is 0 Å². The van der Waals surface area contributed by atoms with E-state index < -0.39 is 0 Å². The SMILES string of the molecule is CC1(C)C2C3=C(CCCCCC3)C3=C(CCCCCC3)C21. The second-order valence-electron chi connectivity index (χ2n) is 8.61. The molecule has 4 aliphatic rings. The monoisotopic (exact) mass is 284 g/mol. The summed E-state index contributed by atoms with van der Waals surface area (Å²) in [5.41, 5.74) is 8.22. The summed E-state index contributed by atoms with van der Waals surface area (Å²) in [7, 11) is 0. The lowest BCUT2D eigenvalue weighted by Gasteiger charge is -2.29. The summed E-state index contributed by atoms with van der Waals surface area (Å²) in [5.74, 6) is 1.87. The molecule has 0 heterocycles. The van der Waals surface area contributed by atoms with Gasteiger partial charge in [-0.15, -0.1) is 0 Å². The zero-order valence-electron chi connectivity index (χ0n) is 14.1. The molecule has 0 amide bonds. The molecule has 0 heteroatoms. The summed E-state index contributed by atoms with van der Waals surface area (Å²) in [4.78, 5) is 0. The van der Waals surface area contributed by atoms with Gasteiger partial charge in [-0.2, -0.15) is 0 Å². The maximum atomic E-state index is 2.56. The minimum atomic E-state index is 0.579. The van der Waals surface area contributed by atoms with Gasteiger partial charge in [0.05, 0.1) is 0 Å². The minimum Gasteiger partial charge on any atom is -0.0625 e. The maximum absolute atomic E-state index is 2.56. The van der Waals surface area contributed by atoms with Gasteiger partial charge in [0.2, 0.25) is 0 Å². The number of allylic oxidation sites excluding steroid dienone is 4. The average Bonchev–Trinajstić information content (AvgIpc) is 2.94. The molecule has 0 radical (unpaired) electrons. The lowest BCUT2D eigenvalue weighted by molar-refractivity contribution is 0.547. The van der Waals surface area contributed by atoms with Crippen LogP contribution in [0.15, 0.2) is 22.3 Å². The van der Waals surface area contributed by atoms with E-state index in [9.17, 15) is 0 Å². The summed E-state index contributed by atoms with van der Waals surface area (Å²) in [5, 5.41) is 0. The molecule has 0 aromatic carbocycles. The van der Waals surface area contributed by atoms with Crippen molar-refractivity contribution < 1.29 is 0 Å². The van der Waals surface area contributed by atoms with E-state index in [4.69, 9.17) is 0 Å². The lowest BCUT2D eigenvalue weighted by atomic mass is 9.76. The van der Waals surface area contributed by atoms with Crippen molar-refractivity contribution in [1.29, 1.82) is 0 Å². The van der Waals surface area contributed by atoms with Crippen molar-refractivity contribution in [2.24, 2.45) is 17.3 Å². The first-order valence-corrected chi connectivity index (χ1v) is 9.65. The highest BCUT2D eigenvalue weighted by atomic mass is 14.7. The Morgan fingerprint density at radius 3 is 1.38 bits per heavy atom. The fourth-order valence-corrected chi connectivity index (χ4v) is 5.88. The van der Waals surface area contributed by atoms with Crippen LogP contribution in [0.25, 0.3) is 0 Å². The average molecular weight is 284 g/mol. The van der Waals surface area contributed by atoms with Gasteiger partial charge in [-0.05, 0) is 79.8 Å². The van der Waals surface area contributed by atoms with Crippen molar-refractivity contribution in [2.75, 3.05) is 0 Å². The zero-order valence-corrected chi connectivity index (χ0v) is 14.1. The van der Waals surface area contributed by atoms with E-state index >= 15 is 0 Å². The Hall–Kier alpha value is -0.520. The standard InChI is InChI=1S/C21H32/c1-21(2)19-17-13-9-5-3-7-11-15(17)16-12-8-4-6-10-14-18(16)20(19)21/h19-20H,3-14H2,1-2H3. The van der Waals surface area contributed by atoms with E-state index in [0.717, 1.165) is 11.8 Å². The van der Waals surface area contributed by atoms with Crippen molar-refractivity contribution in [2.45, 2.75) is 90.9 Å². The molecule has 4 aliphatic carbocycles. The summed E-state index contributed by atoms with van der Waals surface area (Å²) >= 11 is 0. The molecule has 0 spiro atoms. The summed E-state index contributed by atoms with van der Waals surface area (Å²) in [6, 6.07) is 0. The second-order valence-corrected chi connectivity index (χ2v) is 8.61. The molecular weight excluding hydrogens is 252 g/mol. The molecule has 0 bridgehead atoms. The normalized spacial score (nSPS) is 35.7. The fourth-order valence-electron chi connectivity index (χ4n) is 5.88. The third-order valence-electron chi connectivity index (χ3n) is 6.96. The van der Waals surface area contributed by atoms with E-state index in [1.165, 1.54) is 77.0 Å². The molecule has 4 rings (SSSR count). The summed E-state index contributed by atoms with van der Waals surface area (Å²) < 4.78 is 0. The van der Waals surface area contributed by atoms with Crippen molar-refractivity contribution in [3.63, 3.8) is 0 Å². The quantitative estimate of drug-likeness (QED) is 0.471. The van der Waals surface area contributed by atoms with Crippen LogP contribution in [0.3, 0.4) is 0 Å². The van der Waals surface area contributed by atoms with Crippen LogP contribution in [0.5, 0.6) is 0 Å². The Labute approximate surface area is 131 Å². The molecule has 0 aliphatic heterocycles. The molecule has 2 unspecified atom stereocenters. The molecule has 0 nitrogen and oxygen atoms in total. The van der Waals surface area contributed by atoms with Crippen LogP contribution in [0.4, 0.5) is 0 Å². The minimum absolute atomic E-state index is 0.579. The van der Waals surface area contributed by atoms with Crippen LogP contribution in [0.1, 0.15) is 90.9 Å². The van der Waals surface area contributed by atoms with Gasteiger partial charge in [0.1, 0.15) is 0 Å². The van der Waals surface area contributed by atoms with Crippen LogP contribution >= 0.6 is 0 Å². The van der Waals surface area contributed by atoms with Crippen molar-refractivity contribution in [1.82, 2.24) is 0 Å². The van der Waals surface area contributed by atoms with Gasteiger partial charge in [-0.1, -0.05) is 50.7 Å². The van der Waals surface area contributed by atoms with Crippen LogP contribution in [0, 0.1) is 17.3 Å². The molecule has 0 N–H and O–H groups in total. The fraction of sp³-hybridized carbons (Fsp3) is 0.810. The Morgan fingerprint density at radius 1 is 0.571 bits per heavy atom. The largest absolute Gasteiger partial charge is 0.0625 e.